The van der Waals surface area contributed by atoms with E-state index in [0.29, 0.717) is 17.8 Å². The molecule has 1 unspecified atom stereocenters. The van der Waals surface area contributed by atoms with E-state index < -0.39 is 0 Å². The first kappa shape index (κ1) is 18.4. The molecule has 2 amide bonds. The number of likely N-dealkylation sites (tertiary alicyclic amines) is 1. The highest BCUT2D eigenvalue weighted by Gasteiger charge is 2.33. The maximum Gasteiger partial charge on any atom is 0.293 e. The quantitative estimate of drug-likeness (QED) is 0.706. The average molecular weight is 400 g/mol. The van der Waals surface area contributed by atoms with Crippen molar-refractivity contribution in [2.75, 3.05) is 11.9 Å². The number of nitrogens with one attached hydrogen (secondary N) is 1. The molecule has 10 heteroatoms. The Hall–Kier alpha value is -3.01. The van der Waals surface area contributed by atoms with Crippen LogP contribution in [0.1, 0.15) is 56.6 Å². The molecule has 0 radical (unpaired) electrons. The van der Waals surface area contributed by atoms with Crippen LogP contribution < -0.4 is 5.32 Å². The zero-order chi connectivity index (χ0) is 19.7. The molecule has 0 bridgehead atoms. The first-order valence-electron chi connectivity index (χ1n) is 9.08. The molecule has 0 saturated carbocycles. The highest BCUT2D eigenvalue weighted by molar-refractivity contribution is 7.14. The van der Waals surface area contributed by atoms with Crippen molar-refractivity contribution in [3.63, 3.8) is 0 Å². The molecule has 0 spiro atoms. The van der Waals surface area contributed by atoms with Crippen LogP contribution in [-0.4, -0.2) is 43.2 Å². The van der Waals surface area contributed by atoms with Crippen molar-refractivity contribution >= 4 is 29.1 Å². The number of carbonyl (C=O) groups is 2. The Morgan fingerprint density at radius 3 is 2.96 bits per heavy atom. The lowest BCUT2D eigenvalue weighted by Gasteiger charge is -2.22. The minimum absolute atomic E-state index is 0.0674. The van der Waals surface area contributed by atoms with E-state index in [1.807, 2.05) is 13.0 Å². The SMILES string of the molecule is CCc1cc(C(=O)N2CCCC2c2ccc(C(=O)Nc3ncn(C)n3)s2)on1. The number of aromatic nitrogens is 4. The topological polar surface area (TPSA) is 106 Å². The van der Waals surface area contributed by atoms with Crippen LogP contribution in [0.2, 0.25) is 0 Å². The van der Waals surface area contributed by atoms with Crippen molar-refractivity contribution < 1.29 is 14.1 Å². The number of hydrogen-bond donors (Lipinski definition) is 1. The van der Waals surface area contributed by atoms with Gasteiger partial charge in [-0.25, -0.2) is 4.98 Å². The third-order valence-corrected chi connectivity index (χ3v) is 5.83. The zero-order valence-electron chi connectivity index (χ0n) is 15.6. The van der Waals surface area contributed by atoms with Gasteiger partial charge in [0.05, 0.1) is 16.6 Å². The largest absolute Gasteiger partial charge is 0.351 e. The van der Waals surface area contributed by atoms with Gasteiger partial charge in [0, 0.05) is 24.5 Å². The maximum absolute atomic E-state index is 12.8. The fourth-order valence-corrected chi connectivity index (χ4v) is 4.29. The summed E-state index contributed by atoms with van der Waals surface area (Å²) in [6.45, 7) is 2.62. The first-order chi connectivity index (χ1) is 13.5. The number of carbonyl (C=O) groups excluding carboxylic acids is 2. The molecule has 1 aliphatic heterocycles. The standard InChI is InChI=1S/C18H20N6O3S/c1-3-11-9-13(27-22-11)17(26)24-8-4-5-12(24)14-6-7-15(28-14)16(25)20-18-19-10-23(2)21-18/h6-7,9-10,12H,3-5,8H2,1-2H3,(H,20,21,25). The number of amides is 2. The zero-order valence-corrected chi connectivity index (χ0v) is 16.4. The Labute approximate surface area is 165 Å². The predicted molar refractivity (Wildman–Crippen MR) is 102 cm³/mol. The van der Waals surface area contributed by atoms with E-state index in [1.165, 1.54) is 22.3 Å². The number of anilines is 1. The van der Waals surface area contributed by atoms with Crippen LogP contribution in [0, 0.1) is 0 Å². The third-order valence-electron chi connectivity index (χ3n) is 4.65. The number of nitrogens with zero attached hydrogens (tertiary/aromatic N) is 5. The predicted octanol–water partition coefficient (Wildman–Crippen LogP) is 2.66. The minimum Gasteiger partial charge on any atom is -0.351 e. The van der Waals surface area contributed by atoms with Crippen LogP contribution in [0.4, 0.5) is 5.95 Å². The van der Waals surface area contributed by atoms with E-state index in [1.54, 1.807) is 24.1 Å². The van der Waals surface area contributed by atoms with E-state index in [2.05, 4.69) is 20.6 Å². The Morgan fingerprint density at radius 1 is 1.39 bits per heavy atom. The van der Waals surface area contributed by atoms with Crippen LogP contribution in [0.15, 0.2) is 29.0 Å². The second-order valence-corrected chi connectivity index (χ2v) is 7.71. The van der Waals surface area contributed by atoms with Crippen LogP contribution in [0.25, 0.3) is 0 Å². The molecule has 1 saturated heterocycles. The van der Waals surface area contributed by atoms with Crippen LogP contribution >= 0.6 is 11.3 Å². The molecule has 3 aromatic rings. The van der Waals surface area contributed by atoms with Gasteiger partial charge in [-0.1, -0.05) is 12.1 Å². The molecular formula is C18H20N6O3S. The second-order valence-electron chi connectivity index (χ2n) is 6.59. The van der Waals surface area contributed by atoms with Gasteiger partial charge < -0.3 is 9.42 Å². The van der Waals surface area contributed by atoms with Crippen LogP contribution in [-0.2, 0) is 13.5 Å². The van der Waals surface area contributed by atoms with Gasteiger partial charge in [0.25, 0.3) is 11.8 Å². The monoisotopic (exact) mass is 400 g/mol. The normalized spacial score (nSPS) is 16.5. The minimum atomic E-state index is -0.263. The van der Waals surface area contributed by atoms with Crippen molar-refractivity contribution in [3.05, 3.63) is 45.7 Å². The summed E-state index contributed by atoms with van der Waals surface area (Å²) in [4.78, 5) is 32.6. The lowest BCUT2D eigenvalue weighted by Crippen LogP contribution is -2.29. The van der Waals surface area contributed by atoms with Gasteiger partial charge in [-0.15, -0.1) is 16.4 Å². The average Bonchev–Trinajstić information content (AvgIpc) is 3.46. The van der Waals surface area contributed by atoms with Gasteiger partial charge in [-0.3, -0.25) is 19.6 Å². The second kappa shape index (κ2) is 7.55. The number of aryl methyl sites for hydroxylation is 2. The van der Waals surface area contributed by atoms with E-state index in [0.717, 1.165) is 23.4 Å². The van der Waals surface area contributed by atoms with Gasteiger partial charge >= 0.3 is 0 Å². The molecule has 1 fully saturated rings. The van der Waals surface area contributed by atoms with Crippen molar-refractivity contribution in [2.24, 2.45) is 7.05 Å². The van der Waals surface area contributed by atoms with Crippen molar-refractivity contribution in [2.45, 2.75) is 32.2 Å². The summed E-state index contributed by atoms with van der Waals surface area (Å²) in [5.74, 6) is 0.101. The van der Waals surface area contributed by atoms with Gasteiger partial charge in [-0.2, -0.15) is 0 Å². The highest BCUT2D eigenvalue weighted by Crippen LogP contribution is 2.37. The van der Waals surface area contributed by atoms with Crippen molar-refractivity contribution in [3.8, 4) is 0 Å². The fraction of sp³-hybridized carbons (Fsp3) is 0.389. The Balaban J connectivity index is 1.49. The molecule has 146 valence electrons. The van der Waals surface area contributed by atoms with Gasteiger partial charge in [0.1, 0.15) is 6.33 Å². The molecule has 4 heterocycles. The lowest BCUT2D eigenvalue weighted by molar-refractivity contribution is 0.0695. The van der Waals surface area contributed by atoms with Crippen molar-refractivity contribution in [1.29, 1.82) is 0 Å². The van der Waals surface area contributed by atoms with E-state index in [-0.39, 0.29) is 29.6 Å². The van der Waals surface area contributed by atoms with Gasteiger partial charge in [-0.05, 0) is 31.4 Å². The van der Waals surface area contributed by atoms with Gasteiger partial charge in [0.15, 0.2) is 0 Å². The first-order valence-corrected chi connectivity index (χ1v) is 9.90. The Bertz CT molecular complexity index is 1010. The van der Waals surface area contributed by atoms with Crippen LogP contribution in [0.5, 0.6) is 0 Å². The summed E-state index contributed by atoms with van der Waals surface area (Å²) in [6, 6.07) is 5.30. The molecule has 0 aliphatic carbocycles. The Kier molecular flexibility index (Phi) is 4.95. The molecule has 3 aromatic heterocycles. The summed E-state index contributed by atoms with van der Waals surface area (Å²) >= 11 is 1.38. The summed E-state index contributed by atoms with van der Waals surface area (Å²) in [7, 11) is 1.73. The molecular weight excluding hydrogens is 380 g/mol. The molecule has 1 atom stereocenters. The highest BCUT2D eigenvalue weighted by atomic mass is 32.1. The van der Waals surface area contributed by atoms with E-state index in [4.69, 9.17) is 4.52 Å². The fourth-order valence-electron chi connectivity index (χ4n) is 3.24. The maximum atomic E-state index is 12.8. The van der Waals surface area contributed by atoms with Crippen LogP contribution in [0.3, 0.4) is 0 Å². The Morgan fingerprint density at radius 2 is 2.25 bits per heavy atom. The molecule has 4 rings (SSSR count). The summed E-state index contributed by atoms with van der Waals surface area (Å²) in [6.07, 6.45) is 3.99. The third kappa shape index (κ3) is 3.55. The summed E-state index contributed by atoms with van der Waals surface area (Å²) < 4.78 is 6.73. The number of rotatable bonds is 5. The summed E-state index contributed by atoms with van der Waals surface area (Å²) in [5, 5.41) is 10.6. The molecule has 9 nitrogen and oxygen atoms in total. The molecule has 1 N–H and O–H groups in total. The molecule has 28 heavy (non-hydrogen) atoms. The number of thiophene rings is 1. The van der Waals surface area contributed by atoms with E-state index in [9.17, 15) is 9.59 Å². The van der Waals surface area contributed by atoms with Crippen molar-refractivity contribution in [1.82, 2.24) is 24.8 Å². The van der Waals surface area contributed by atoms with Gasteiger partial charge in [0.2, 0.25) is 11.7 Å². The molecule has 1 aliphatic rings. The smallest absolute Gasteiger partial charge is 0.293 e. The molecule has 0 aromatic carbocycles. The summed E-state index contributed by atoms with van der Waals surface area (Å²) in [5.41, 5.74) is 0.761. The lowest BCUT2D eigenvalue weighted by atomic mass is 10.2. The van der Waals surface area contributed by atoms with E-state index >= 15 is 0 Å². The number of hydrogen-bond acceptors (Lipinski definition) is 7.